The summed E-state index contributed by atoms with van der Waals surface area (Å²) in [5.41, 5.74) is 8.98. The van der Waals surface area contributed by atoms with Gasteiger partial charge in [-0.3, -0.25) is 4.79 Å². The van der Waals surface area contributed by atoms with Crippen molar-refractivity contribution in [1.29, 1.82) is 0 Å². The molecule has 0 fully saturated rings. The second-order valence-corrected chi connectivity index (χ2v) is 5.69. The van der Waals surface area contributed by atoms with E-state index in [2.05, 4.69) is 34.2 Å². The van der Waals surface area contributed by atoms with E-state index in [4.69, 9.17) is 5.73 Å². The van der Waals surface area contributed by atoms with Crippen LogP contribution >= 0.6 is 0 Å². The number of hydrogen-bond acceptors (Lipinski definition) is 2. The fourth-order valence-corrected chi connectivity index (χ4v) is 3.23. The molecule has 4 heteroatoms. The van der Waals surface area contributed by atoms with Crippen molar-refractivity contribution >= 4 is 21.5 Å². The Kier molecular flexibility index (Phi) is 3.24. The van der Waals surface area contributed by atoms with Crippen LogP contribution in [0.2, 0.25) is 0 Å². The van der Waals surface area contributed by atoms with Crippen molar-refractivity contribution in [2.75, 3.05) is 6.54 Å². The van der Waals surface area contributed by atoms with Gasteiger partial charge in [-0.25, -0.2) is 0 Å². The van der Waals surface area contributed by atoms with Crippen molar-refractivity contribution in [2.24, 2.45) is 5.73 Å². The van der Waals surface area contributed by atoms with Crippen molar-refractivity contribution in [2.45, 2.75) is 6.42 Å². The first-order chi connectivity index (χ1) is 11.3. The highest BCUT2D eigenvalue weighted by atomic mass is 16.1. The Morgan fingerprint density at radius 2 is 1.87 bits per heavy atom. The van der Waals surface area contributed by atoms with Gasteiger partial charge < -0.3 is 15.7 Å². The number of benzene rings is 2. The third-order valence-corrected chi connectivity index (χ3v) is 4.28. The van der Waals surface area contributed by atoms with E-state index in [0.29, 0.717) is 6.54 Å². The molecule has 0 bridgehead atoms. The van der Waals surface area contributed by atoms with Crippen molar-refractivity contribution in [3.63, 3.8) is 0 Å². The molecule has 2 heterocycles. The Bertz CT molecular complexity index is 1050. The summed E-state index contributed by atoms with van der Waals surface area (Å²) in [6.07, 6.45) is 4.38. The van der Waals surface area contributed by atoms with Crippen molar-refractivity contribution in [3.8, 4) is 11.3 Å². The molecule has 0 spiro atoms. The molecule has 0 aliphatic heterocycles. The largest absolute Gasteiger partial charge is 0.361 e. The van der Waals surface area contributed by atoms with Crippen LogP contribution < -0.4 is 11.3 Å². The number of aromatic amines is 2. The molecule has 2 aromatic carbocycles. The van der Waals surface area contributed by atoms with E-state index in [-0.39, 0.29) is 5.56 Å². The van der Waals surface area contributed by atoms with Crippen LogP contribution in [0.4, 0.5) is 0 Å². The van der Waals surface area contributed by atoms with Crippen molar-refractivity contribution < 1.29 is 0 Å². The highest BCUT2D eigenvalue weighted by molar-refractivity contribution is 6.09. The smallest absolute Gasteiger partial charge is 0.256 e. The number of pyridine rings is 1. The lowest BCUT2D eigenvalue weighted by molar-refractivity contribution is 0.979. The summed E-state index contributed by atoms with van der Waals surface area (Å²) < 4.78 is 0. The van der Waals surface area contributed by atoms with E-state index < -0.39 is 0 Å². The number of H-pyrrole nitrogens is 2. The summed E-state index contributed by atoms with van der Waals surface area (Å²) in [6.45, 7) is 0.585. The van der Waals surface area contributed by atoms with Gasteiger partial charge in [0.1, 0.15) is 0 Å². The molecule has 0 aliphatic rings. The predicted octanol–water partition coefficient (Wildman–Crippen LogP) is 3.18. The lowest BCUT2D eigenvalue weighted by Crippen LogP contribution is -2.08. The molecule has 4 rings (SSSR count). The molecule has 0 radical (unpaired) electrons. The third kappa shape index (κ3) is 2.24. The fraction of sp³-hybridized carbons (Fsp3) is 0.105. The Hall–Kier alpha value is -2.85. The van der Waals surface area contributed by atoms with E-state index in [1.165, 1.54) is 5.56 Å². The van der Waals surface area contributed by atoms with Crippen LogP contribution in [0.25, 0.3) is 32.8 Å². The van der Waals surface area contributed by atoms with Crippen LogP contribution in [-0.2, 0) is 6.42 Å². The van der Waals surface area contributed by atoms with Crippen LogP contribution in [0, 0.1) is 0 Å². The zero-order valence-corrected chi connectivity index (χ0v) is 12.6. The van der Waals surface area contributed by atoms with Gasteiger partial charge in [0, 0.05) is 18.1 Å². The molecule has 0 atom stereocenters. The third-order valence-electron chi connectivity index (χ3n) is 4.28. The van der Waals surface area contributed by atoms with Gasteiger partial charge >= 0.3 is 0 Å². The zero-order chi connectivity index (χ0) is 15.8. The highest BCUT2D eigenvalue weighted by Crippen LogP contribution is 2.30. The van der Waals surface area contributed by atoms with Gasteiger partial charge in [-0.05, 0) is 64.5 Å². The van der Waals surface area contributed by atoms with Crippen LogP contribution in [-0.4, -0.2) is 16.5 Å². The number of hydrogen-bond donors (Lipinski definition) is 3. The van der Waals surface area contributed by atoms with Gasteiger partial charge in [0.2, 0.25) is 0 Å². The molecule has 4 N–H and O–H groups in total. The van der Waals surface area contributed by atoms with Crippen LogP contribution in [0.1, 0.15) is 5.56 Å². The van der Waals surface area contributed by atoms with Gasteiger partial charge in [-0.15, -0.1) is 0 Å². The Labute approximate surface area is 133 Å². The maximum absolute atomic E-state index is 12.4. The van der Waals surface area contributed by atoms with E-state index in [0.717, 1.165) is 39.2 Å². The molecular formula is C19H17N3O. The summed E-state index contributed by atoms with van der Waals surface area (Å²) >= 11 is 0. The molecule has 114 valence electrons. The molecule has 0 amide bonds. The summed E-state index contributed by atoms with van der Waals surface area (Å²) in [6, 6.07) is 14.3. The fourth-order valence-electron chi connectivity index (χ4n) is 3.23. The van der Waals surface area contributed by atoms with E-state index in [1.54, 1.807) is 6.20 Å². The normalized spacial score (nSPS) is 11.3. The summed E-state index contributed by atoms with van der Waals surface area (Å²) in [4.78, 5) is 18.4. The maximum Gasteiger partial charge on any atom is 0.256 e. The van der Waals surface area contributed by atoms with Crippen molar-refractivity contribution in [1.82, 2.24) is 9.97 Å². The molecule has 4 aromatic rings. The van der Waals surface area contributed by atoms with E-state index >= 15 is 0 Å². The lowest BCUT2D eigenvalue weighted by atomic mass is 9.94. The molecule has 0 saturated carbocycles. The van der Waals surface area contributed by atoms with E-state index in [9.17, 15) is 4.79 Å². The van der Waals surface area contributed by atoms with Gasteiger partial charge in [-0.1, -0.05) is 18.2 Å². The SMILES string of the molecule is NCCc1cc2cc[nH]c(=O)c2c2cc(-c3ccc[nH]3)ccc12. The predicted molar refractivity (Wildman–Crippen MR) is 94.6 cm³/mol. The first kappa shape index (κ1) is 13.8. The monoisotopic (exact) mass is 303 g/mol. The zero-order valence-electron chi connectivity index (χ0n) is 12.6. The Balaban J connectivity index is 2.13. The molecule has 0 saturated heterocycles. The van der Waals surface area contributed by atoms with Gasteiger partial charge in [0.15, 0.2) is 0 Å². The molecule has 2 aromatic heterocycles. The standard InChI is InChI=1S/C19H17N3O/c20-7-5-12-10-14-6-9-22-19(23)18(14)16-11-13(3-4-15(12)16)17-2-1-8-21-17/h1-4,6,8-11,21H,5,7,20H2,(H,22,23). The minimum absolute atomic E-state index is 0.0598. The molecular weight excluding hydrogens is 286 g/mol. The Morgan fingerprint density at radius 3 is 2.65 bits per heavy atom. The summed E-state index contributed by atoms with van der Waals surface area (Å²) in [5, 5.41) is 3.75. The quantitative estimate of drug-likeness (QED) is 0.508. The summed E-state index contributed by atoms with van der Waals surface area (Å²) in [5.74, 6) is 0. The number of fused-ring (bicyclic) bond motifs is 3. The number of aromatic nitrogens is 2. The number of nitrogens with two attached hydrogens (primary N) is 1. The molecule has 4 nitrogen and oxygen atoms in total. The first-order valence-electron chi connectivity index (χ1n) is 7.69. The molecule has 0 aliphatic carbocycles. The minimum Gasteiger partial charge on any atom is -0.361 e. The molecule has 23 heavy (non-hydrogen) atoms. The van der Waals surface area contributed by atoms with Crippen molar-refractivity contribution in [3.05, 3.63) is 70.8 Å². The Morgan fingerprint density at radius 1 is 0.957 bits per heavy atom. The topological polar surface area (TPSA) is 74.7 Å². The van der Waals surface area contributed by atoms with Gasteiger partial charge in [-0.2, -0.15) is 0 Å². The van der Waals surface area contributed by atoms with Crippen LogP contribution in [0.5, 0.6) is 0 Å². The number of rotatable bonds is 3. The second-order valence-electron chi connectivity index (χ2n) is 5.69. The van der Waals surface area contributed by atoms with Gasteiger partial charge in [0.05, 0.1) is 5.39 Å². The average Bonchev–Trinajstić information content (AvgIpc) is 3.09. The first-order valence-corrected chi connectivity index (χ1v) is 7.69. The van der Waals surface area contributed by atoms with Crippen LogP contribution in [0.3, 0.4) is 0 Å². The lowest BCUT2D eigenvalue weighted by Gasteiger charge is -2.11. The average molecular weight is 303 g/mol. The number of nitrogens with one attached hydrogen (secondary N) is 2. The van der Waals surface area contributed by atoms with E-state index in [1.807, 2.05) is 24.4 Å². The van der Waals surface area contributed by atoms with Crippen LogP contribution in [0.15, 0.2) is 59.7 Å². The maximum atomic E-state index is 12.4. The minimum atomic E-state index is -0.0598. The highest BCUT2D eigenvalue weighted by Gasteiger charge is 2.10. The summed E-state index contributed by atoms with van der Waals surface area (Å²) in [7, 11) is 0. The molecule has 0 unspecified atom stereocenters. The second kappa shape index (κ2) is 5.41. The van der Waals surface area contributed by atoms with Gasteiger partial charge in [0.25, 0.3) is 5.56 Å².